The van der Waals surface area contributed by atoms with Crippen LogP contribution in [-0.4, -0.2) is 11.9 Å². The molecule has 0 aromatic heterocycles. The minimum atomic E-state index is -0.341. The first-order valence-corrected chi connectivity index (χ1v) is 8.98. The second kappa shape index (κ2) is 8.34. The van der Waals surface area contributed by atoms with E-state index in [0.717, 1.165) is 28.9 Å². The van der Waals surface area contributed by atoms with Gasteiger partial charge in [0.25, 0.3) is 0 Å². The van der Waals surface area contributed by atoms with Crippen LogP contribution in [-0.2, 0) is 11.2 Å². The highest BCUT2D eigenvalue weighted by atomic mass is 16.2. The average Bonchev–Trinajstić information content (AvgIpc) is 2.69. The maximum atomic E-state index is 12.6. The summed E-state index contributed by atoms with van der Waals surface area (Å²) in [6, 6.07) is 25.8. The van der Waals surface area contributed by atoms with E-state index in [1.165, 1.54) is 5.56 Å². The Morgan fingerprint density at radius 3 is 2.23 bits per heavy atom. The number of para-hydroxylation sites is 1. The zero-order valence-electron chi connectivity index (χ0n) is 15.2. The molecule has 0 unspecified atom stereocenters. The van der Waals surface area contributed by atoms with Crippen LogP contribution in [0.4, 0.5) is 11.4 Å². The summed E-state index contributed by atoms with van der Waals surface area (Å²) in [5, 5.41) is 6.31. The van der Waals surface area contributed by atoms with Gasteiger partial charge in [-0.1, -0.05) is 67.6 Å². The topological polar surface area (TPSA) is 41.1 Å². The number of hydrogen-bond donors (Lipinski definition) is 2. The van der Waals surface area contributed by atoms with Crippen LogP contribution < -0.4 is 10.6 Å². The van der Waals surface area contributed by atoms with Crippen molar-refractivity contribution in [1.82, 2.24) is 0 Å². The number of benzene rings is 3. The van der Waals surface area contributed by atoms with Gasteiger partial charge in [0.15, 0.2) is 0 Å². The number of hydrogen-bond acceptors (Lipinski definition) is 2. The van der Waals surface area contributed by atoms with Crippen molar-refractivity contribution < 1.29 is 4.79 Å². The number of carbonyl (C=O) groups excluding carboxylic acids is 1. The lowest BCUT2D eigenvalue weighted by Crippen LogP contribution is -2.32. The normalized spacial score (nSPS) is 11.6. The summed E-state index contributed by atoms with van der Waals surface area (Å²) < 4.78 is 0. The fourth-order valence-electron chi connectivity index (χ4n) is 2.85. The van der Waals surface area contributed by atoms with Crippen molar-refractivity contribution in [3.05, 3.63) is 84.4 Å². The second-order valence-electron chi connectivity index (χ2n) is 6.32. The van der Waals surface area contributed by atoms with E-state index in [9.17, 15) is 4.79 Å². The summed E-state index contributed by atoms with van der Waals surface area (Å²) in [5.74, 6) is -0.0621. The Morgan fingerprint density at radius 2 is 1.54 bits per heavy atom. The molecule has 0 aliphatic rings. The van der Waals surface area contributed by atoms with Gasteiger partial charge in [-0.3, -0.25) is 4.79 Å². The fraction of sp³-hybridized carbons (Fsp3) is 0.174. The Balaban J connectivity index is 1.71. The van der Waals surface area contributed by atoms with Gasteiger partial charge < -0.3 is 10.6 Å². The lowest BCUT2D eigenvalue weighted by atomic mass is 10.0. The minimum absolute atomic E-state index is 0.0621. The van der Waals surface area contributed by atoms with Crippen LogP contribution in [0.3, 0.4) is 0 Å². The van der Waals surface area contributed by atoms with Crippen molar-refractivity contribution in [3.8, 4) is 11.1 Å². The predicted octanol–water partition coefficient (Wildman–Crippen LogP) is 5.36. The Labute approximate surface area is 155 Å². The summed E-state index contributed by atoms with van der Waals surface area (Å²) in [6.07, 6.45) is 1.01. The number of amides is 1. The fourth-order valence-corrected chi connectivity index (χ4v) is 2.85. The molecule has 0 saturated carbocycles. The third-order valence-electron chi connectivity index (χ3n) is 4.41. The molecule has 3 aromatic rings. The van der Waals surface area contributed by atoms with Crippen LogP contribution in [0.1, 0.15) is 19.4 Å². The molecule has 132 valence electrons. The van der Waals surface area contributed by atoms with Crippen molar-refractivity contribution in [2.75, 3.05) is 10.6 Å². The summed E-state index contributed by atoms with van der Waals surface area (Å²) in [6.45, 7) is 4.00. The van der Waals surface area contributed by atoms with Crippen LogP contribution in [0.15, 0.2) is 78.9 Å². The molecule has 1 amide bonds. The zero-order valence-corrected chi connectivity index (χ0v) is 15.2. The van der Waals surface area contributed by atoms with E-state index in [4.69, 9.17) is 0 Å². The van der Waals surface area contributed by atoms with E-state index < -0.39 is 0 Å². The number of rotatable bonds is 6. The maximum Gasteiger partial charge on any atom is 0.246 e. The Kier molecular flexibility index (Phi) is 5.69. The smallest absolute Gasteiger partial charge is 0.246 e. The minimum Gasteiger partial charge on any atom is -0.374 e. The van der Waals surface area contributed by atoms with Gasteiger partial charge in [-0.15, -0.1) is 0 Å². The van der Waals surface area contributed by atoms with Crippen molar-refractivity contribution in [2.24, 2.45) is 0 Å². The molecule has 1 atom stereocenters. The molecule has 0 heterocycles. The molecule has 0 spiro atoms. The third kappa shape index (κ3) is 4.31. The van der Waals surface area contributed by atoms with Crippen molar-refractivity contribution in [2.45, 2.75) is 26.3 Å². The molecule has 0 saturated heterocycles. The monoisotopic (exact) mass is 344 g/mol. The standard InChI is InChI=1S/C23H24N2O/c1-3-18-13-15-20(16-14-18)24-17(2)23(26)25-22-12-8-7-11-21(22)19-9-5-4-6-10-19/h4-17,24H,3H2,1-2H3,(H,25,26)/t17-/m0/s1. The molecule has 3 heteroatoms. The van der Waals surface area contributed by atoms with E-state index in [1.54, 1.807) is 0 Å². The SMILES string of the molecule is CCc1ccc(N[C@@H](C)C(=O)Nc2ccccc2-c2ccccc2)cc1. The molecule has 3 rings (SSSR count). The van der Waals surface area contributed by atoms with E-state index in [1.807, 2.05) is 73.7 Å². The highest BCUT2D eigenvalue weighted by molar-refractivity contribution is 5.99. The lowest BCUT2D eigenvalue weighted by molar-refractivity contribution is -0.116. The molecular weight excluding hydrogens is 320 g/mol. The third-order valence-corrected chi connectivity index (χ3v) is 4.41. The molecular formula is C23H24N2O. The highest BCUT2D eigenvalue weighted by Crippen LogP contribution is 2.27. The predicted molar refractivity (Wildman–Crippen MR) is 109 cm³/mol. The van der Waals surface area contributed by atoms with Gasteiger partial charge in [-0.05, 0) is 42.7 Å². The number of anilines is 2. The van der Waals surface area contributed by atoms with Crippen molar-refractivity contribution >= 4 is 17.3 Å². The molecule has 3 aromatic carbocycles. The molecule has 0 aliphatic carbocycles. The highest BCUT2D eigenvalue weighted by Gasteiger charge is 2.15. The van der Waals surface area contributed by atoms with Gasteiger partial charge in [0.2, 0.25) is 5.91 Å². The van der Waals surface area contributed by atoms with Crippen molar-refractivity contribution in [3.63, 3.8) is 0 Å². The Morgan fingerprint density at radius 1 is 0.885 bits per heavy atom. The average molecular weight is 344 g/mol. The van der Waals surface area contributed by atoms with E-state index in [2.05, 4.69) is 29.7 Å². The van der Waals surface area contributed by atoms with Gasteiger partial charge in [0, 0.05) is 16.9 Å². The number of nitrogens with one attached hydrogen (secondary N) is 2. The maximum absolute atomic E-state index is 12.6. The Bertz CT molecular complexity index is 857. The molecule has 0 aliphatic heterocycles. The molecule has 3 nitrogen and oxygen atoms in total. The molecule has 0 radical (unpaired) electrons. The number of aryl methyl sites for hydroxylation is 1. The molecule has 0 bridgehead atoms. The van der Waals surface area contributed by atoms with Gasteiger partial charge in [0.1, 0.15) is 6.04 Å². The lowest BCUT2D eigenvalue weighted by Gasteiger charge is -2.17. The van der Waals surface area contributed by atoms with Crippen LogP contribution in [0.5, 0.6) is 0 Å². The first-order chi connectivity index (χ1) is 12.7. The zero-order chi connectivity index (χ0) is 18.4. The first kappa shape index (κ1) is 17.7. The van der Waals surface area contributed by atoms with Crippen molar-refractivity contribution in [1.29, 1.82) is 0 Å². The van der Waals surface area contributed by atoms with Crippen LogP contribution in [0.25, 0.3) is 11.1 Å². The van der Waals surface area contributed by atoms with Gasteiger partial charge in [-0.2, -0.15) is 0 Å². The second-order valence-corrected chi connectivity index (χ2v) is 6.32. The molecule has 26 heavy (non-hydrogen) atoms. The van der Waals surface area contributed by atoms with Gasteiger partial charge in [0.05, 0.1) is 0 Å². The van der Waals surface area contributed by atoms with Crippen LogP contribution in [0.2, 0.25) is 0 Å². The first-order valence-electron chi connectivity index (χ1n) is 8.98. The van der Waals surface area contributed by atoms with Crippen LogP contribution >= 0.6 is 0 Å². The molecule has 2 N–H and O–H groups in total. The van der Waals surface area contributed by atoms with E-state index in [0.29, 0.717) is 0 Å². The Hall–Kier alpha value is -3.07. The van der Waals surface area contributed by atoms with E-state index >= 15 is 0 Å². The summed E-state index contributed by atoms with van der Waals surface area (Å²) in [5.41, 5.74) is 5.14. The number of carbonyl (C=O) groups is 1. The quantitative estimate of drug-likeness (QED) is 0.632. The van der Waals surface area contributed by atoms with E-state index in [-0.39, 0.29) is 11.9 Å². The van der Waals surface area contributed by atoms with Crippen LogP contribution in [0, 0.1) is 0 Å². The summed E-state index contributed by atoms with van der Waals surface area (Å²) >= 11 is 0. The molecule has 0 fully saturated rings. The summed E-state index contributed by atoms with van der Waals surface area (Å²) in [4.78, 5) is 12.6. The van der Waals surface area contributed by atoms with Gasteiger partial charge in [-0.25, -0.2) is 0 Å². The van der Waals surface area contributed by atoms with Gasteiger partial charge >= 0.3 is 0 Å². The largest absolute Gasteiger partial charge is 0.374 e. The summed E-state index contributed by atoms with van der Waals surface area (Å²) in [7, 11) is 0.